The van der Waals surface area contributed by atoms with Gasteiger partial charge in [0.2, 0.25) is 0 Å². The topological polar surface area (TPSA) is 64.6 Å². The molecule has 1 N–H and O–H groups in total. The van der Waals surface area contributed by atoms with Gasteiger partial charge in [0.05, 0.1) is 0 Å². The van der Waals surface area contributed by atoms with Gasteiger partial charge in [-0.3, -0.25) is 4.79 Å². The van der Waals surface area contributed by atoms with Crippen molar-refractivity contribution in [2.75, 3.05) is 11.9 Å². The van der Waals surface area contributed by atoms with E-state index >= 15 is 0 Å². The minimum absolute atomic E-state index is 0.389. The zero-order valence-electron chi connectivity index (χ0n) is 15.3. The second-order valence-electron chi connectivity index (χ2n) is 6.51. The zero-order chi connectivity index (χ0) is 19.3. The Kier molecular flexibility index (Phi) is 6.27. The lowest BCUT2D eigenvalue weighted by atomic mass is 10.1. The van der Waals surface area contributed by atoms with Gasteiger partial charge in [0.1, 0.15) is 5.75 Å². The van der Waals surface area contributed by atoms with Crippen LogP contribution in [0.2, 0.25) is 5.02 Å². The van der Waals surface area contributed by atoms with Crippen molar-refractivity contribution in [1.29, 1.82) is 0 Å². The van der Waals surface area contributed by atoms with Crippen LogP contribution in [-0.2, 0) is 14.3 Å². The number of carbonyl (C=O) groups excluding carboxylic acids is 2. The fourth-order valence-corrected chi connectivity index (χ4v) is 2.33. The summed E-state index contributed by atoms with van der Waals surface area (Å²) in [6, 6.07) is 12.4. The molecule has 2 aromatic carbocycles. The lowest BCUT2D eigenvalue weighted by Gasteiger charge is -2.24. The zero-order valence-corrected chi connectivity index (χ0v) is 16.0. The summed E-state index contributed by atoms with van der Waals surface area (Å²) < 4.78 is 10.7. The molecule has 26 heavy (non-hydrogen) atoms. The highest BCUT2D eigenvalue weighted by molar-refractivity contribution is 6.30. The van der Waals surface area contributed by atoms with E-state index in [4.69, 9.17) is 21.1 Å². The maximum atomic E-state index is 12.3. The standard InChI is InChI=1S/C20H22ClNO4/c1-13-5-6-14(2)17(11-13)22-18(23)12-25-19(24)20(3,4)26-16-9-7-15(21)8-10-16/h5-11H,12H2,1-4H3,(H,22,23). The Morgan fingerprint density at radius 1 is 1.08 bits per heavy atom. The Morgan fingerprint density at radius 2 is 1.73 bits per heavy atom. The number of anilines is 1. The quantitative estimate of drug-likeness (QED) is 0.764. The Balaban J connectivity index is 1.90. The van der Waals surface area contributed by atoms with E-state index in [1.165, 1.54) is 0 Å². The third kappa shape index (κ3) is 5.49. The molecule has 0 fully saturated rings. The summed E-state index contributed by atoms with van der Waals surface area (Å²) in [6.07, 6.45) is 0. The highest BCUT2D eigenvalue weighted by atomic mass is 35.5. The fourth-order valence-electron chi connectivity index (χ4n) is 2.20. The molecule has 0 bridgehead atoms. The third-order valence-corrected chi connectivity index (χ3v) is 3.93. The van der Waals surface area contributed by atoms with Gasteiger partial charge in [-0.1, -0.05) is 23.7 Å². The van der Waals surface area contributed by atoms with Crippen LogP contribution in [-0.4, -0.2) is 24.1 Å². The molecule has 138 valence electrons. The van der Waals surface area contributed by atoms with Crippen molar-refractivity contribution in [2.45, 2.75) is 33.3 Å². The number of aryl methyl sites for hydroxylation is 2. The number of esters is 1. The first-order valence-corrected chi connectivity index (χ1v) is 8.54. The van der Waals surface area contributed by atoms with E-state index in [-0.39, 0.29) is 6.61 Å². The van der Waals surface area contributed by atoms with E-state index in [9.17, 15) is 9.59 Å². The molecule has 0 aromatic heterocycles. The maximum Gasteiger partial charge on any atom is 0.350 e. The van der Waals surface area contributed by atoms with Crippen molar-refractivity contribution in [2.24, 2.45) is 0 Å². The van der Waals surface area contributed by atoms with Gasteiger partial charge in [0.15, 0.2) is 12.2 Å². The predicted octanol–water partition coefficient (Wildman–Crippen LogP) is 4.30. The van der Waals surface area contributed by atoms with Crippen LogP contribution in [0.25, 0.3) is 0 Å². The molecule has 0 aliphatic rings. The Bertz CT molecular complexity index is 800. The van der Waals surface area contributed by atoms with E-state index in [0.717, 1.165) is 11.1 Å². The fraction of sp³-hybridized carbons (Fsp3) is 0.300. The van der Waals surface area contributed by atoms with Crippen molar-refractivity contribution in [3.63, 3.8) is 0 Å². The second kappa shape index (κ2) is 8.23. The number of hydrogen-bond donors (Lipinski definition) is 1. The number of amides is 1. The summed E-state index contributed by atoms with van der Waals surface area (Å²) in [5, 5.41) is 3.31. The van der Waals surface area contributed by atoms with E-state index in [2.05, 4.69) is 5.32 Å². The van der Waals surface area contributed by atoms with Crippen molar-refractivity contribution >= 4 is 29.2 Å². The Labute approximate surface area is 158 Å². The first kappa shape index (κ1) is 19.8. The van der Waals surface area contributed by atoms with Crippen molar-refractivity contribution in [3.05, 3.63) is 58.6 Å². The van der Waals surface area contributed by atoms with Gasteiger partial charge >= 0.3 is 5.97 Å². The Morgan fingerprint density at radius 3 is 2.38 bits per heavy atom. The van der Waals surface area contributed by atoms with Gasteiger partial charge < -0.3 is 14.8 Å². The SMILES string of the molecule is Cc1ccc(C)c(NC(=O)COC(=O)C(C)(C)Oc2ccc(Cl)cc2)c1. The van der Waals surface area contributed by atoms with Crippen LogP contribution in [0.15, 0.2) is 42.5 Å². The molecule has 6 heteroatoms. The summed E-state index contributed by atoms with van der Waals surface area (Å²) >= 11 is 5.83. The maximum absolute atomic E-state index is 12.3. The highest BCUT2D eigenvalue weighted by Gasteiger charge is 2.32. The third-order valence-electron chi connectivity index (χ3n) is 3.68. The van der Waals surface area contributed by atoms with Gasteiger partial charge in [0.25, 0.3) is 5.91 Å². The molecule has 2 aromatic rings. The van der Waals surface area contributed by atoms with Crippen LogP contribution < -0.4 is 10.1 Å². The molecule has 0 heterocycles. The van der Waals surface area contributed by atoms with Crippen molar-refractivity contribution < 1.29 is 19.1 Å². The first-order chi connectivity index (χ1) is 12.2. The molecule has 0 radical (unpaired) electrons. The van der Waals surface area contributed by atoms with Crippen LogP contribution >= 0.6 is 11.6 Å². The van der Waals surface area contributed by atoms with E-state index in [1.807, 2.05) is 32.0 Å². The molecule has 0 saturated heterocycles. The number of carbonyl (C=O) groups is 2. The number of nitrogens with one attached hydrogen (secondary N) is 1. The predicted molar refractivity (Wildman–Crippen MR) is 102 cm³/mol. The molecule has 0 atom stereocenters. The summed E-state index contributed by atoms with van der Waals surface area (Å²) in [7, 11) is 0. The van der Waals surface area contributed by atoms with Gasteiger partial charge in [-0.15, -0.1) is 0 Å². The molecule has 0 spiro atoms. The van der Waals surface area contributed by atoms with E-state index in [1.54, 1.807) is 38.1 Å². The molecule has 0 saturated carbocycles. The smallest absolute Gasteiger partial charge is 0.350 e. The first-order valence-electron chi connectivity index (χ1n) is 8.16. The molecule has 2 rings (SSSR count). The molecule has 1 amide bonds. The lowest BCUT2D eigenvalue weighted by Crippen LogP contribution is -2.41. The number of halogens is 1. The molecular formula is C20H22ClNO4. The molecule has 0 unspecified atom stereocenters. The summed E-state index contributed by atoms with van der Waals surface area (Å²) in [5.74, 6) is -0.561. The van der Waals surface area contributed by atoms with Crippen molar-refractivity contribution in [1.82, 2.24) is 0 Å². The summed E-state index contributed by atoms with van der Waals surface area (Å²) in [4.78, 5) is 24.3. The van der Waals surface area contributed by atoms with Crippen LogP contribution in [0.1, 0.15) is 25.0 Å². The van der Waals surface area contributed by atoms with Crippen LogP contribution in [0.5, 0.6) is 5.75 Å². The minimum Gasteiger partial charge on any atom is -0.476 e. The average Bonchev–Trinajstić information content (AvgIpc) is 2.58. The second-order valence-corrected chi connectivity index (χ2v) is 6.95. The van der Waals surface area contributed by atoms with Gasteiger partial charge in [-0.2, -0.15) is 0 Å². The number of benzene rings is 2. The number of rotatable bonds is 6. The number of hydrogen-bond acceptors (Lipinski definition) is 4. The Hall–Kier alpha value is -2.53. The van der Waals surface area contributed by atoms with Crippen LogP contribution in [0.3, 0.4) is 0 Å². The molecular weight excluding hydrogens is 354 g/mol. The van der Waals surface area contributed by atoms with Gasteiger partial charge in [-0.05, 0) is 69.2 Å². The summed E-state index contributed by atoms with van der Waals surface area (Å²) in [5.41, 5.74) is 1.41. The average molecular weight is 376 g/mol. The van der Waals surface area contributed by atoms with E-state index < -0.39 is 17.5 Å². The van der Waals surface area contributed by atoms with E-state index in [0.29, 0.717) is 16.5 Å². The lowest BCUT2D eigenvalue weighted by molar-refractivity contribution is -0.161. The monoisotopic (exact) mass is 375 g/mol. The molecule has 0 aliphatic carbocycles. The molecule has 0 aliphatic heterocycles. The van der Waals surface area contributed by atoms with Gasteiger partial charge in [0, 0.05) is 10.7 Å². The minimum atomic E-state index is -1.24. The highest BCUT2D eigenvalue weighted by Crippen LogP contribution is 2.22. The van der Waals surface area contributed by atoms with Crippen molar-refractivity contribution in [3.8, 4) is 5.75 Å². The van der Waals surface area contributed by atoms with Gasteiger partial charge in [-0.25, -0.2) is 4.79 Å². The van der Waals surface area contributed by atoms with Crippen LogP contribution in [0, 0.1) is 13.8 Å². The normalized spacial score (nSPS) is 11.0. The van der Waals surface area contributed by atoms with Crippen LogP contribution in [0.4, 0.5) is 5.69 Å². The molecule has 5 nitrogen and oxygen atoms in total. The summed E-state index contributed by atoms with van der Waals surface area (Å²) in [6.45, 7) is 6.59. The largest absolute Gasteiger partial charge is 0.476 e. The number of ether oxygens (including phenoxy) is 2.